The number of methoxy groups -OCH3 is 1. The van der Waals surface area contributed by atoms with Crippen LogP contribution in [0, 0.1) is 11.3 Å². The highest BCUT2D eigenvalue weighted by Crippen LogP contribution is 2.38. The number of likely N-dealkylation sites (N-methyl/N-ethyl adjacent to an activating group) is 1. The first-order valence-corrected chi connectivity index (χ1v) is 9.75. The van der Waals surface area contributed by atoms with Gasteiger partial charge in [0.05, 0.1) is 23.6 Å². The number of carbonyl (C=O) groups excluding carboxylic acids is 2. The first-order chi connectivity index (χ1) is 13.4. The lowest BCUT2D eigenvalue weighted by Crippen LogP contribution is -2.22. The Kier molecular flexibility index (Phi) is 6.07. The average Bonchev–Trinajstić information content (AvgIpc) is 2.94. The van der Waals surface area contributed by atoms with Crippen LogP contribution in [-0.4, -0.2) is 30.2 Å². The number of amides is 2. The molecule has 2 aromatic carbocycles. The lowest BCUT2D eigenvalue weighted by molar-refractivity contribution is -0.121. The van der Waals surface area contributed by atoms with Crippen LogP contribution in [0.3, 0.4) is 0 Å². The van der Waals surface area contributed by atoms with E-state index < -0.39 is 0 Å². The fourth-order valence-electron chi connectivity index (χ4n) is 2.53. The van der Waals surface area contributed by atoms with E-state index in [0.717, 1.165) is 22.2 Å². The Morgan fingerprint density at radius 3 is 2.64 bits per heavy atom. The van der Waals surface area contributed by atoms with Gasteiger partial charge >= 0.3 is 0 Å². The summed E-state index contributed by atoms with van der Waals surface area (Å²) in [5, 5.41) is 8.88. The van der Waals surface area contributed by atoms with Crippen LogP contribution in [0.15, 0.2) is 45.8 Å². The van der Waals surface area contributed by atoms with Crippen molar-refractivity contribution in [1.82, 2.24) is 4.90 Å². The number of ether oxygens (including phenoxy) is 2. The molecule has 1 saturated heterocycles. The topological polar surface area (TPSA) is 79.6 Å². The van der Waals surface area contributed by atoms with Crippen molar-refractivity contribution >= 4 is 44.9 Å². The van der Waals surface area contributed by atoms with Crippen molar-refractivity contribution in [3.8, 4) is 17.6 Å². The summed E-state index contributed by atoms with van der Waals surface area (Å²) < 4.78 is 11.9. The molecule has 0 radical (unpaired) electrons. The first kappa shape index (κ1) is 20.0. The highest BCUT2D eigenvalue weighted by Gasteiger charge is 2.32. The molecule has 0 unspecified atom stereocenters. The molecule has 6 nitrogen and oxygen atoms in total. The number of hydrogen-bond acceptors (Lipinski definition) is 6. The molecule has 0 aliphatic carbocycles. The van der Waals surface area contributed by atoms with Crippen molar-refractivity contribution < 1.29 is 19.1 Å². The Hall–Kier alpha value is -2.76. The lowest BCUT2D eigenvalue weighted by Gasteiger charge is -2.13. The van der Waals surface area contributed by atoms with Crippen molar-refractivity contribution in [2.75, 3.05) is 14.2 Å². The zero-order valence-corrected chi connectivity index (χ0v) is 17.5. The van der Waals surface area contributed by atoms with Gasteiger partial charge in [-0.3, -0.25) is 14.5 Å². The van der Waals surface area contributed by atoms with Crippen molar-refractivity contribution in [3.05, 3.63) is 62.5 Å². The van der Waals surface area contributed by atoms with E-state index >= 15 is 0 Å². The second-order valence-electron chi connectivity index (χ2n) is 5.82. The maximum atomic E-state index is 12.1. The number of nitriles is 1. The first-order valence-electron chi connectivity index (χ1n) is 8.14. The number of benzene rings is 2. The molecule has 0 spiro atoms. The van der Waals surface area contributed by atoms with Gasteiger partial charge in [0, 0.05) is 17.1 Å². The smallest absolute Gasteiger partial charge is 0.293 e. The molecule has 8 heteroatoms. The van der Waals surface area contributed by atoms with Gasteiger partial charge in [-0.15, -0.1) is 0 Å². The molecule has 0 aromatic heterocycles. The highest BCUT2D eigenvalue weighted by molar-refractivity contribution is 9.10. The minimum absolute atomic E-state index is 0.209. The summed E-state index contributed by atoms with van der Waals surface area (Å²) in [6, 6.07) is 12.8. The number of thioether (sulfide) groups is 1. The summed E-state index contributed by atoms with van der Waals surface area (Å²) >= 11 is 4.36. The lowest BCUT2D eigenvalue weighted by atomic mass is 10.1. The summed E-state index contributed by atoms with van der Waals surface area (Å²) in [6.45, 7) is 0.209. The van der Waals surface area contributed by atoms with E-state index in [2.05, 4.69) is 22.0 Å². The maximum Gasteiger partial charge on any atom is 0.293 e. The van der Waals surface area contributed by atoms with E-state index in [9.17, 15) is 14.9 Å². The molecule has 0 bridgehead atoms. The van der Waals surface area contributed by atoms with Gasteiger partial charge in [0.25, 0.3) is 11.1 Å². The fraction of sp³-hybridized carbons (Fsp3) is 0.150. The molecule has 1 aliphatic rings. The average molecular weight is 459 g/mol. The zero-order chi connectivity index (χ0) is 20.3. The zero-order valence-electron chi connectivity index (χ0n) is 15.1. The molecule has 3 rings (SSSR count). The van der Waals surface area contributed by atoms with E-state index in [1.165, 1.54) is 14.2 Å². The van der Waals surface area contributed by atoms with Gasteiger partial charge in [-0.25, -0.2) is 0 Å². The Morgan fingerprint density at radius 2 is 2.00 bits per heavy atom. The predicted molar refractivity (Wildman–Crippen MR) is 110 cm³/mol. The molecule has 1 fully saturated rings. The van der Waals surface area contributed by atoms with Gasteiger partial charge in [0.1, 0.15) is 6.61 Å². The predicted octanol–water partition coefficient (Wildman–Crippen LogP) is 4.57. The van der Waals surface area contributed by atoms with Crippen molar-refractivity contribution in [2.45, 2.75) is 6.61 Å². The quantitative estimate of drug-likeness (QED) is 0.610. The molecule has 0 atom stereocenters. The van der Waals surface area contributed by atoms with Crippen molar-refractivity contribution in [2.24, 2.45) is 0 Å². The Balaban J connectivity index is 1.87. The SMILES string of the molecule is COc1cc(/C=C2/SC(=O)N(C)C2=O)c(Br)cc1OCc1ccccc1C#N. The summed E-state index contributed by atoms with van der Waals surface area (Å²) in [5.74, 6) is 0.622. The van der Waals surface area contributed by atoms with Crippen LogP contribution in [0.4, 0.5) is 4.79 Å². The third-order valence-electron chi connectivity index (χ3n) is 4.08. The molecule has 0 N–H and O–H groups in total. The number of carbonyl (C=O) groups is 2. The van der Waals surface area contributed by atoms with E-state index in [-0.39, 0.29) is 17.8 Å². The Morgan fingerprint density at radius 1 is 1.25 bits per heavy atom. The van der Waals surface area contributed by atoms with Gasteiger partial charge < -0.3 is 9.47 Å². The van der Waals surface area contributed by atoms with Crippen LogP contribution in [0.2, 0.25) is 0 Å². The molecular formula is C20H15BrN2O4S. The minimum atomic E-state index is -0.339. The maximum absolute atomic E-state index is 12.1. The third kappa shape index (κ3) is 4.06. The molecular weight excluding hydrogens is 444 g/mol. The van der Waals surface area contributed by atoms with Crippen LogP contribution < -0.4 is 9.47 Å². The number of nitrogens with zero attached hydrogens (tertiary/aromatic N) is 2. The van der Waals surface area contributed by atoms with Crippen LogP contribution >= 0.6 is 27.7 Å². The summed E-state index contributed by atoms with van der Waals surface area (Å²) in [6.07, 6.45) is 1.63. The number of rotatable bonds is 5. The Bertz CT molecular complexity index is 1030. The molecule has 2 aromatic rings. The third-order valence-corrected chi connectivity index (χ3v) is 5.72. The minimum Gasteiger partial charge on any atom is -0.493 e. The van der Waals surface area contributed by atoms with Gasteiger partial charge in [0.15, 0.2) is 11.5 Å². The van der Waals surface area contributed by atoms with E-state index in [0.29, 0.717) is 32.0 Å². The standard InChI is InChI=1S/C20H15BrN2O4S/c1-23-19(24)18(28-20(23)25)8-14-7-16(26-2)17(9-15(14)21)27-11-13-6-4-3-5-12(13)10-22/h3-9H,11H2,1-2H3/b18-8+. The van der Waals surface area contributed by atoms with E-state index in [1.54, 1.807) is 30.3 Å². The summed E-state index contributed by atoms with van der Waals surface area (Å²) in [7, 11) is 2.97. The monoisotopic (exact) mass is 458 g/mol. The van der Waals surface area contributed by atoms with Crippen molar-refractivity contribution in [3.63, 3.8) is 0 Å². The van der Waals surface area contributed by atoms with Crippen molar-refractivity contribution in [1.29, 1.82) is 5.26 Å². The number of imide groups is 1. The molecule has 2 amide bonds. The Labute approximate surface area is 174 Å². The van der Waals surface area contributed by atoms with Gasteiger partial charge in [-0.1, -0.05) is 34.1 Å². The largest absolute Gasteiger partial charge is 0.493 e. The molecule has 142 valence electrons. The molecule has 1 heterocycles. The second-order valence-corrected chi connectivity index (χ2v) is 7.67. The fourth-order valence-corrected chi connectivity index (χ4v) is 3.79. The van der Waals surface area contributed by atoms with E-state index in [4.69, 9.17) is 9.47 Å². The second kappa shape index (κ2) is 8.50. The van der Waals surface area contributed by atoms with Crippen LogP contribution in [-0.2, 0) is 11.4 Å². The molecule has 0 saturated carbocycles. The summed E-state index contributed by atoms with van der Waals surface area (Å²) in [4.78, 5) is 25.2. The summed E-state index contributed by atoms with van der Waals surface area (Å²) in [5.41, 5.74) is 2.00. The van der Waals surface area contributed by atoms with E-state index in [1.807, 2.05) is 12.1 Å². The van der Waals surface area contributed by atoms with Crippen LogP contribution in [0.5, 0.6) is 11.5 Å². The van der Waals surface area contributed by atoms with Crippen LogP contribution in [0.1, 0.15) is 16.7 Å². The van der Waals surface area contributed by atoms with Crippen LogP contribution in [0.25, 0.3) is 6.08 Å². The normalized spacial score (nSPS) is 15.1. The molecule has 28 heavy (non-hydrogen) atoms. The molecule has 1 aliphatic heterocycles. The number of hydrogen-bond donors (Lipinski definition) is 0. The van der Waals surface area contributed by atoms with Gasteiger partial charge in [-0.05, 0) is 41.6 Å². The highest BCUT2D eigenvalue weighted by atomic mass is 79.9. The number of halogens is 1. The van der Waals surface area contributed by atoms with Gasteiger partial charge in [-0.2, -0.15) is 5.26 Å². The van der Waals surface area contributed by atoms with Gasteiger partial charge in [0.2, 0.25) is 0 Å².